The number of amides is 1. The molecule has 1 aliphatic carbocycles. The Morgan fingerprint density at radius 2 is 1.74 bits per heavy atom. The number of ketones is 1. The monoisotopic (exact) mass is 511 g/mol. The number of rotatable bonds is 7. The van der Waals surface area contributed by atoms with Crippen LogP contribution in [-0.4, -0.2) is 25.3 Å². The first-order valence-corrected chi connectivity index (χ1v) is 12.3. The van der Waals surface area contributed by atoms with Gasteiger partial charge in [-0.15, -0.1) is 5.73 Å². The summed E-state index contributed by atoms with van der Waals surface area (Å²) < 4.78 is 12.9. The normalized spacial score (nSPS) is 12.2. The number of nitrogens with zero attached hydrogens (tertiary/aromatic N) is 1. The number of hydrogen-bond donors (Lipinski definition) is 2. The molecule has 0 spiro atoms. The summed E-state index contributed by atoms with van der Waals surface area (Å²) in [5, 5.41) is 13.1. The Labute approximate surface area is 224 Å². The third-order valence-corrected chi connectivity index (χ3v) is 6.08. The quantitative estimate of drug-likeness (QED) is 0.173. The lowest BCUT2D eigenvalue weighted by Crippen LogP contribution is -2.21. The molecule has 4 rings (SSSR count). The van der Waals surface area contributed by atoms with E-state index in [0.717, 1.165) is 11.1 Å². The molecule has 0 bridgehead atoms. The second kappa shape index (κ2) is 15.1. The predicted molar refractivity (Wildman–Crippen MR) is 150 cm³/mol. The van der Waals surface area contributed by atoms with E-state index in [1.807, 2.05) is 30.3 Å². The van der Waals surface area contributed by atoms with Crippen LogP contribution in [0, 0.1) is 17.1 Å². The molecule has 1 fully saturated rings. The van der Waals surface area contributed by atoms with Crippen molar-refractivity contribution in [1.29, 1.82) is 5.26 Å². The molecule has 3 aromatic carbocycles. The van der Waals surface area contributed by atoms with E-state index in [4.69, 9.17) is 5.26 Å². The van der Waals surface area contributed by atoms with Gasteiger partial charge in [0.05, 0.1) is 12.6 Å². The Kier molecular flexibility index (Phi) is 11.9. The number of carbonyl (C=O) groups excluding carboxylic acids is 2. The first kappa shape index (κ1) is 29.9. The minimum atomic E-state index is -0.270. The van der Waals surface area contributed by atoms with Crippen LogP contribution in [-0.2, 0) is 16.8 Å². The van der Waals surface area contributed by atoms with Crippen LogP contribution in [0.4, 0.5) is 4.39 Å². The Hall–Kier alpha value is -4.30. The van der Waals surface area contributed by atoms with Crippen molar-refractivity contribution < 1.29 is 14.0 Å². The van der Waals surface area contributed by atoms with Crippen molar-refractivity contribution in [1.82, 2.24) is 10.6 Å². The van der Waals surface area contributed by atoms with Gasteiger partial charge < -0.3 is 10.6 Å². The van der Waals surface area contributed by atoms with Crippen LogP contribution < -0.4 is 10.6 Å². The van der Waals surface area contributed by atoms with E-state index in [2.05, 4.69) is 54.1 Å². The average Bonchev–Trinajstić information content (AvgIpc) is 3.68. The van der Waals surface area contributed by atoms with Gasteiger partial charge in [-0.1, -0.05) is 74.2 Å². The molecule has 0 radical (unpaired) electrons. The number of benzene rings is 3. The number of halogens is 1. The third-order valence-electron chi connectivity index (χ3n) is 6.08. The van der Waals surface area contributed by atoms with E-state index in [1.54, 1.807) is 19.2 Å². The molecular formula is C32H34FN3O2. The average molecular weight is 512 g/mol. The van der Waals surface area contributed by atoms with Crippen LogP contribution >= 0.6 is 0 Å². The van der Waals surface area contributed by atoms with Crippen LogP contribution in [0.25, 0.3) is 11.1 Å². The summed E-state index contributed by atoms with van der Waals surface area (Å²) in [4.78, 5) is 22.4. The lowest BCUT2D eigenvalue weighted by molar-refractivity contribution is -0.116. The molecule has 1 saturated carbocycles. The second-order valence-corrected chi connectivity index (χ2v) is 9.12. The summed E-state index contributed by atoms with van der Waals surface area (Å²) >= 11 is 0. The zero-order valence-electron chi connectivity index (χ0n) is 22.2. The maximum Gasteiger partial charge on any atom is 0.251 e. The maximum absolute atomic E-state index is 12.9. The smallest absolute Gasteiger partial charge is 0.251 e. The van der Waals surface area contributed by atoms with E-state index in [-0.39, 0.29) is 17.5 Å². The Morgan fingerprint density at radius 1 is 1.05 bits per heavy atom. The minimum absolute atomic E-state index is 0.0101. The molecular weight excluding hydrogens is 477 g/mol. The molecule has 3 aromatic rings. The van der Waals surface area contributed by atoms with Crippen molar-refractivity contribution in [2.24, 2.45) is 0 Å². The Balaban J connectivity index is 0.000000228. The number of carbonyl (C=O) groups is 2. The molecule has 38 heavy (non-hydrogen) atoms. The van der Waals surface area contributed by atoms with Gasteiger partial charge in [0.1, 0.15) is 5.82 Å². The molecule has 0 aromatic heterocycles. The Morgan fingerprint density at radius 3 is 2.29 bits per heavy atom. The molecule has 0 saturated heterocycles. The van der Waals surface area contributed by atoms with Crippen molar-refractivity contribution >= 4 is 11.7 Å². The lowest BCUT2D eigenvalue weighted by atomic mass is 9.94. The topological polar surface area (TPSA) is 82.0 Å². The highest BCUT2D eigenvalue weighted by molar-refractivity contribution is 5.95. The molecule has 0 atom stereocenters. The molecule has 0 heterocycles. The first-order valence-electron chi connectivity index (χ1n) is 12.3. The van der Waals surface area contributed by atoms with Gasteiger partial charge in [-0.25, -0.2) is 4.39 Å². The zero-order valence-corrected chi connectivity index (χ0v) is 22.2. The lowest BCUT2D eigenvalue weighted by Gasteiger charge is -2.10. The summed E-state index contributed by atoms with van der Waals surface area (Å²) in [5.74, 6) is -0.462. The first-order chi connectivity index (χ1) is 18.2. The SMILES string of the molecule is C=C=CC(=O)NCc1ccccc1C(C)=O.CC1(c2cccc(-c3ccc(F)cc3)c2)CC1.CNCC#N. The highest BCUT2D eigenvalue weighted by atomic mass is 19.1. The second-order valence-electron chi connectivity index (χ2n) is 9.12. The number of nitriles is 1. The fraction of sp³-hybridized carbons (Fsp3) is 0.250. The molecule has 0 aliphatic heterocycles. The number of Topliss-reactive ketones (excluding diaryl/α,β-unsaturated/α-hetero) is 1. The predicted octanol–water partition coefficient (Wildman–Crippen LogP) is 6.12. The third kappa shape index (κ3) is 9.63. The molecule has 1 amide bonds. The van der Waals surface area contributed by atoms with E-state index in [0.29, 0.717) is 24.1 Å². The maximum atomic E-state index is 12.9. The van der Waals surface area contributed by atoms with Crippen molar-refractivity contribution in [3.8, 4) is 17.2 Å². The molecule has 1 aliphatic rings. The Bertz CT molecular complexity index is 1320. The number of nitrogens with one attached hydrogen (secondary N) is 2. The highest BCUT2D eigenvalue weighted by Crippen LogP contribution is 2.48. The fourth-order valence-electron chi connectivity index (χ4n) is 3.62. The largest absolute Gasteiger partial charge is 0.348 e. The highest BCUT2D eigenvalue weighted by Gasteiger charge is 2.38. The van der Waals surface area contributed by atoms with Gasteiger partial charge in [0.25, 0.3) is 5.91 Å². The molecule has 5 nitrogen and oxygen atoms in total. The summed E-state index contributed by atoms with van der Waals surface area (Å²) in [6.45, 7) is 7.88. The number of hydrogen-bond acceptors (Lipinski definition) is 4. The van der Waals surface area contributed by atoms with Crippen LogP contribution in [0.5, 0.6) is 0 Å². The summed E-state index contributed by atoms with van der Waals surface area (Å²) in [6, 6.07) is 24.4. The summed E-state index contributed by atoms with van der Waals surface area (Å²) in [5.41, 5.74) is 7.87. The van der Waals surface area contributed by atoms with Gasteiger partial charge in [0.2, 0.25) is 0 Å². The van der Waals surface area contributed by atoms with Gasteiger partial charge >= 0.3 is 0 Å². The molecule has 6 heteroatoms. The van der Waals surface area contributed by atoms with E-state index in [1.165, 1.54) is 49.1 Å². The summed E-state index contributed by atoms with van der Waals surface area (Å²) in [6.07, 6.45) is 3.77. The minimum Gasteiger partial charge on any atom is -0.348 e. The van der Waals surface area contributed by atoms with E-state index in [9.17, 15) is 14.0 Å². The fourth-order valence-corrected chi connectivity index (χ4v) is 3.62. The van der Waals surface area contributed by atoms with Crippen LogP contribution in [0.3, 0.4) is 0 Å². The van der Waals surface area contributed by atoms with Gasteiger partial charge in [-0.2, -0.15) is 5.26 Å². The van der Waals surface area contributed by atoms with Gasteiger partial charge in [-0.05, 0) is 66.6 Å². The van der Waals surface area contributed by atoms with Crippen molar-refractivity contribution in [3.05, 3.63) is 114 Å². The van der Waals surface area contributed by atoms with E-state index < -0.39 is 0 Å². The molecule has 0 unspecified atom stereocenters. The summed E-state index contributed by atoms with van der Waals surface area (Å²) in [7, 11) is 1.74. The van der Waals surface area contributed by atoms with Crippen molar-refractivity contribution in [2.75, 3.05) is 13.6 Å². The van der Waals surface area contributed by atoms with Crippen molar-refractivity contribution in [3.63, 3.8) is 0 Å². The standard InChI is InChI=1S/C16H15F.C13H13NO2.C3H6N2/c1-16(9-10-16)14-4-2-3-13(11-14)12-5-7-15(17)8-6-12;1-3-6-13(16)14-9-11-7-4-5-8-12(11)10(2)15;1-5-3-2-4/h2-8,11H,9-10H2,1H3;4-8H,1,9H2,2H3,(H,14,16);5H,3H2,1H3. The van der Waals surface area contributed by atoms with Crippen molar-refractivity contribution in [2.45, 2.75) is 38.6 Å². The van der Waals surface area contributed by atoms with Gasteiger partial charge in [0, 0.05) is 18.2 Å². The zero-order chi connectivity index (χ0) is 28.0. The van der Waals surface area contributed by atoms with Crippen LogP contribution in [0.1, 0.15) is 48.2 Å². The van der Waals surface area contributed by atoms with Gasteiger partial charge in [-0.3, -0.25) is 9.59 Å². The van der Waals surface area contributed by atoms with Gasteiger partial charge in [0.15, 0.2) is 5.78 Å². The van der Waals surface area contributed by atoms with E-state index >= 15 is 0 Å². The van der Waals surface area contributed by atoms with Crippen LogP contribution in [0.15, 0.2) is 91.2 Å². The van der Waals surface area contributed by atoms with Crippen LogP contribution in [0.2, 0.25) is 0 Å². The molecule has 2 N–H and O–H groups in total. The molecule has 196 valence electrons.